The van der Waals surface area contributed by atoms with Crippen molar-refractivity contribution in [2.75, 3.05) is 0 Å². The van der Waals surface area contributed by atoms with Crippen molar-refractivity contribution in [1.29, 1.82) is 0 Å². The molecule has 2 rings (SSSR count). The average Bonchev–Trinajstić information content (AvgIpc) is 2.68. The number of nitrogens with zero attached hydrogens (tertiary/aromatic N) is 1. The fraction of sp³-hybridized carbons (Fsp3) is 0.250. The van der Waals surface area contributed by atoms with Gasteiger partial charge >= 0.3 is 17.4 Å². The summed E-state index contributed by atoms with van der Waals surface area (Å²) >= 11 is 0. The third-order valence-electron chi connectivity index (χ3n) is 2.84. The first-order valence-corrected chi connectivity index (χ1v) is 5.77. The highest BCUT2D eigenvalue weighted by molar-refractivity contribution is 5.78. The van der Waals surface area contributed by atoms with Crippen molar-refractivity contribution in [2.24, 2.45) is 5.73 Å². The zero-order chi connectivity index (χ0) is 14.8. The second-order valence-electron chi connectivity index (χ2n) is 4.47. The molecule has 0 bridgehead atoms. The molecule has 0 amide bonds. The van der Waals surface area contributed by atoms with Crippen LogP contribution in [0.3, 0.4) is 0 Å². The number of benzene rings is 1. The number of nitrogens with two attached hydrogens (primary N) is 1. The van der Waals surface area contributed by atoms with E-state index in [1.54, 1.807) is 30.3 Å². The van der Waals surface area contributed by atoms with Crippen molar-refractivity contribution in [1.82, 2.24) is 9.72 Å². The molecule has 0 saturated carbocycles. The lowest BCUT2D eigenvalue weighted by Crippen LogP contribution is -2.54. The standard InChI is InChI=1S/C12H13N3O5/c13-12(9(16)17,6-8-4-2-1-3-5-8)7-15-10(18)14-11(19)20-15/h1-5H,6-7,13H2,(H,16,17)(H,14,18,19)/t12-/m0/s1. The summed E-state index contributed by atoms with van der Waals surface area (Å²) in [5.74, 6) is -2.25. The van der Waals surface area contributed by atoms with Gasteiger partial charge in [0.25, 0.3) is 0 Å². The Kier molecular flexibility index (Phi) is 3.57. The average molecular weight is 279 g/mol. The van der Waals surface area contributed by atoms with Crippen LogP contribution in [0.25, 0.3) is 0 Å². The van der Waals surface area contributed by atoms with Gasteiger partial charge in [-0.1, -0.05) is 30.3 Å². The number of nitrogens with one attached hydrogen (secondary N) is 1. The summed E-state index contributed by atoms with van der Waals surface area (Å²) in [4.78, 5) is 35.5. The summed E-state index contributed by atoms with van der Waals surface area (Å²) < 4.78 is 5.16. The zero-order valence-corrected chi connectivity index (χ0v) is 10.4. The molecule has 4 N–H and O–H groups in total. The first-order chi connectivity index (χ1) is 9.40. The predicted molar refractivity (Wildman–Crippen MR) is 68.3 cm³/mol. The molecular formula is C12H13N3O5. The Morgan fingerprint density at radius 2 is 2.00 bits per heavy atom. The van der Waals surface area contributed by atoms with Gasteiger partial charge in [-0.15, -0.1) is 4.74 Å². The highest BCUT2D eigenvalue weighted by Gasteiger charge is 2.36. The molecule has 8 nitrogen and oxygen atoms in total. The molecule has 0 aliphatic carbocycles. The minimum Gasteiger partial charge on any atom is -0.480 e. The molecule has 0 spiro atoms. The van der Waals surface area contributed by atoms with E-state index in [4.69, 9.17) is 5.73 Å². The number of hydrogen-bond acceptors (Lipinski definition) is 5. The van der Waals surface area contributed by atoms with Crippen LogP contribution in [0.1, 0.15) is 5.56 Å². The van der Waals surface area contributed by atoms with Gasteiger partial charge in [-0.3, -0.25) is 4.79 Å². The van der Waals surface area contributed by atoms with Crippen molar-refractivity contribution in [3.05, 3.63) is 56.9 Å². The van der Waals surface area contributed by atoms with E-state index in [1.165, 1.54) is 0 Å². The maximum Gasteiger partial charge on any atom is 0.440 e. The number of rotatable bonds is 5. The van der Waals surface area contributed by atoms with E-state index < -0.39 is 29.5 Å². The molecule has 1 aromatic heterocycles. The Morgan fingerprint density at radius 3 is 2.50 bits per heavy atom. The summed E-state index contributed by atoms with van der Waals surface area (Å²) in [5.41, 5.74) is 3.95. The normalized spacial score (nSPS) is 13.8. The van der Waals surface area contributed by atoms with Crippen LogP contribution in [0.5, 0.6) is 0 Å². The van der Waals surface area contributed by atoms with E-state index in [1.807, 2.05) is 4.98 Å². The number of carboxylic acids is 1. The highest BCUT2D eigenvalue weighted by Crippen LogP contribution is 2.13. The van der Waals surface area contributed by atoms with E-state index in [0.29, 0.717) is 10.3 Å². The SMILES string of the molecule is N[C@@](Cc1ccccc1)(Cn1oc(=O)[nH]c1=O)C(=O)O. The summed E-state index contributed by atoms with van der Waals surface area (Å²) in [5, 5.41) is 9.28. The van der Waals surface area contributed by atoms with Crippen LogP contribution in [0.4, 0.5) is 0 Å². The predicted octanol–water partition coefficient (Wildman–Crippen LogP) is -0.846. The molecule has 1 aromatic carbocycles. The highest BCUT2D eigenvalue weighted by atomic mass is 16.5. The zero-order valence-electron chi connectivity index (χ0n) is 10.4. The van der Waals surface area contributed by atoms with Crippen LogP contribution in [0.2, 0.25) is 0 Å². The second-order valence-corrected chi connectivity index (χ2v) is 4.47. The molecule has 2 aromatic rings. The monoisotopic (exact) mass is 279 g/mol. The van der Waals surface area contributed by atoms with Crippen LogP contribution >= 0.6 is 0 Å². The van der Waals surface area contributed by atoms with Crippen molar-refractivity contribution in [2.45, 2.75) is 18.5 Å². The molecule has 0 aliphatic heterocycles. The van der Waals surface area contributed by atoms with Crippen LogP contribution in [0.15, 0.2) is 44.4 Å². The third kappa shape index (κ3) is 2.86. The number of aromatic nitrogens is 2. The molecule has 0 saturated heterocycles. The van der Waals surface area contributed by atoms with Crippen molar-refractivity contribution in [3.8, 4) is 0 Å². The third-order valence-corrected chi connectivity index (χ3v) is 2.84. The molecule has 0 aliphatic rings. The van der Waals surface area contributed by atoms with Crippen molar-refractivity contribution in [3.63, 3.8) is 0 Å². The lowest BCUT2D eigenvalue weighted by molar-refractivity contribution is -0.144. The molecule has 1 atom stereocenters. The largest absolute Gasteiger partial charge is 0.480 e. The number of hydrogen-bond donors (Lipinski definition) is 3. The lowest BCUT2D eigenvalue weighted by Gasteiger charge is -2.23. The minimum absolute atomic E-state index is 0.00942. The summed E-state index contributed by atoms with van der Waals surface area (Å²) in [6.07, 6.45) is -0.00942. The molecule has 1 heterocycles. The molecule has 106 valence electrons. The van der Waals surface area contributed by atoms with E-state index in [-0.39, 0.29) is 6.42 Å². The van der Waals surface area contributed by atoms with Gasteiger partial charge in [0.15, 0.2) is 0 Å². The molecule has 0 unspecified atom stereocenters. The van der Waals surface area contributed by atoms with Gasteiger partial charge < -0.3 is 15.4 Å². The maximum absolute atomic E-state index is 11.4. The lowest BCUT2D eigenvalue weighted by atomic mass is 9.92. The quantitative estimate of drug-likeness (QED) is 0.653. The number of H-pyrrole nitrogens is 1. The minimum atomic E-state index is -1.76. The summed E-state index contributed by atoms with van der Waals surface area (Å²) in [7, 11) is 0. The fourth-order valence-electron chi connectivity index (χ4n) is 1.83. The van der Waals surface area contributed by atoms with Crippen LogP contribution in [-0.4, -0.2) is 26.3 Å². The Bertz CT molecular complexity index is 714. The number of carbonyl (C=O) groups is 1. The molecule has 20 heavy (non-hydrogen) atoms. The molecule has 0 fully saturated rings. The molecular weight excluding hydrogens is 266 g/mol. The van der Waals surface area contributed by atoms with Gasteiger partial charge in [-0.05, 0) is 5.56 Å². The van der Waals surface area contributed by atoms with E-state index in [2.05, 4.69) is 4.52 Å². The Hall–Kier alpha value is -2.61. The van der Waals surface area contributed by atoms with E-state index >= 15 is 0 Å². The topological polar surface area (TPSA) is 131 Å². The first-order valence-electron chi connectivity index (χ1n) is 5.77. The maximum atomic E-state index is 11.4. The van der Waals surface area contributed by atoms with Gasteiger partial charge in [0, 0.05) is 6.42 Å². The van der Waals surface area contributed by atoms with Gasteiger partial charge in [0.05, 0.1) is 6.54 Å². The Balaban J connectivity index is 2.30. The molecule has 0 radical (unpaired) electrons. The van der Waals surface area contributed by atoms with E-state index in [0.717, 1.165) is 0 Å². The van der Waals surface area contributed by atoms with Crippen LogP contribution < -0.4 is 17.2 Å². The number of carboxylic acid groups (broad SMARTS) is 1. The second kappa shape index (κ2) is 5.17. The Labute approximate surface area is 112 Å². The van der Waals surface area contributed by atoms with Crippen LogP contribution in [-0.2, 0) is 17.8 Å². The van der Waals surface area contributed by atoms with Crippen molar-refractivity contribution >= 4 is 5.97 Å². The number of aromatic amines is 1. The van der Waals surface area contributed by atoms with Gasteiger partial charge in [-0.2, -0.15) is 0 Å². The van der Waals surface area contributed by atoms with Gasteiger partial charge in [-0.25, -0.2) is 14.6 Å². The molecule has 8 heteroatoms. The van der Waals surface area contributed by atoms with Crippen molar-refractivity contribution < 1.29 is 14.4 Å². The number of aliphatic carboxylic acids is 1. The fourth-order valence-corrected chi connectivity index (χ4v) is 1.83. The van der Waals surface area contributed by atoms with E-state index in [9.17, 15) is 19.5 Å². The first kappa shape index (κ1) is 13.8. The van der Waals surface area contributed by atoms with Crippen LogP contribution in [0, 0.1) is 0 Å². The van der Waals surface area contributed by atoms with Gasteiger partial charge in [0.2, 0.25) is 0 Å². The summed E-state index contributed by atoms with van der Waals surface area (Å²) in [6.45, 7) is -0.450. The smallest absolute Gasteiger partial charge is 0.440 e. The Morgan fingerprint density at radius 1 is 1.35 bits per heavy atom. The van der Waals surface area contributed by atoms with Gasteiger partial charge in [0.1, 0.15) is 5.54 Å². The summed E-state index contributed by atoms with van der Waals surface area (Å²) in [6, 6.07) is 8.74.